The van der Waals surface area contributed by atoms with Gasteiger partial charge >= 0.3 is 11.9 Å². The summed E-state index contributed by atoms with van der Waals surface area (Å²) in [5, 5.41) is 9.80. The van der Waals surface area contributed by atoms with Crippen LogP contribution in [0.1, 0.15) is 61.8 Å². The smallest absolute Gasteiger partial charge is 0.310 e. The summed E-state index contributed by atoms with van der Waals surface area (Å²) < 4.78 is 5.42. The van der Waals surface area contributed by atoms with E-state index in [-0.39, 0.29) is 30.0 Å². The Morgan fingerprint density at radius 1 is 1.04 bits per heavy atom. The number of fused-ring (bicyclic) bond motifs is 1. The molecule has 7 nitrogen and oxygen atoms in total. The summed E-state index contributed by atoms with van der Waals surface area (Å²) >= 11 is 0. The minimum atomic E-state index is -1.25. The third-order valence-electron chi connectivity index (χ3n) is 4.50. The number of hydrogen-bond acceptors (Lipinski definition) is 5. The molecule has 1 aliphatic rings. The lowest BCUT2D eigenvalue weighted by Gasteiger charge is -2.30. The highest BCUT2D eigenvalue weighted by molar-refractivity contribution is 6.21. The lowest BCUT2D eigenvalue weighted by atomic mass is 9.84. The van der Waals surface area contributed by atoms with Crippen LogP contribution >= 0.6 is 0 Å². The molecule has 2 atom stereocenters. The molecule has 28 heavy (non-hydrogen) atoms. The van der Waals surface area contributed by atoms with Crippen LogP contribution in [0.5, 0.6) is 0 Å². The van der Waals surface area contributed by atoms with Crippen LogP contribution in [0.3, 0.4) is 0 Å². The van der Waals surface area contributed by atoms with E-state index in [9.17, 15) is 24.3 Å². The van der Waals surface area contributed by atoms with Crippen LogP contribution in [0, 0.1) is 17.8 Å². The van der Waals surface area contributed by atoms with Crippen molar-refractivity contribution in [2.75, 3.05) is 6.54 Å². The number of nitrogens with zero attached hydrogens (tertiary/aromatic N) is 1. The molecule has 7 heteroatoms. The molecule has 2 rings (SSSR count). The average molecular weight is 389 g/mol. The molecule has 1 heterocycles. The van der Waals surface area contributed by atoms with Gasteiger partial charge in [-0.1, -0.05) is 26.0 Å². The summed E-state index contributed by atoms with van der Waals surface area (Å²) in [6, 6.07) is 6.35. The van der Waals surface area contributed by atoms with Crippen LogP contribution < -0.4 is 0 Å². The standard InChI is InChI=1S/C21H27NO6/c1-12(2)10-15(20(27)28-21(3,4)5)16(19(25)26)11-22-17(23)13-8-6-7-9-14(13)18(22)24/h6-9,12,15-16H,10-11H2,1-5H3,(H,25,26)/t15?,16-/m0/s1. The third kappa shape index (κ3) is 4.77. The molecule has 1 aliphatic heterocycles. The molecule has 1 aromatic rings. The van der Waals surface area contributed by atoms with Gasteiger partial charge in [-0.3, -0.25) is 24.1 Å². The zero-order chi connectivity index (χ0) is 21.2. The van der Waals surface area contributed by atoms with Gasteiger partial charge in [-0.25, -0.2) is 0 Å². The van der Waals surface area contributed by atoms with Crippen molar-refractivity contribution in [3.05, 3.63) is 35.4 Å². The number of benzene rings is 1. The number of ether oxygens (including phenoxy) is 1. The van der Waals surface area contributed by atoms with Gasteiger partial charge in [0.05, 0.1) is 23.0 Å². The van der Waals surface area contributed by atoms with Crippen molar-refractivity contribution in [2.24, 2.45) is 17.8 Å². The Kier molecular flexibility index (Phi) is 6.27. The monoisotopic (exact) mass is 389 g/mol. The maximum atomic E-state index is 12.7. The van der Waals surface area contributed by atoms with E-state index in [0.29, 0.717) is 0 Å². The fraction of sp³-hybridized carbons (Fsp3) is 0.524. The van der Waals surface area contributed by atoms with E-state index in [2.05, 4.69) is 0 Å². The van der Waals surface area contributed by atoms with E-state index in [1.165, 1.54) is 12.1 Å². The van der Waals surface area contributed by atoms with Gasteiger partial charge in [-0.2, -0.15) is 0 Å². The van der Waals surface area contributed by atoms with Crippen LogP contribution in [-0.4, -0.2) is 45.9 Å². The van der Waals surface area contributed by atoms with Crippen molar-refractivity contribution in [2.45, 2.75) is 46.6 Å². The highest BCUT2D eigenvalue weighted by Gasteiger charge is 2.43. The number of hydrogen-bond donors (Lipinski definition) is 1. The van der Waals surface area contributed by atoms with Crippen molar-refractivity contribution in [3.8, 4) is 0 Å². The number of imide groups is 1. The van der Waals surface area contributed by atoms with Crippen molar-refractivity contribution in [1.82, 2.24) is 4.90 Å². The second kappa shape index (κ2) is 8.12. The number of carboxylic acids is 1. The van der Waals surface area contributed by atoms with Gasteiger partial charge in [0, 0.05) is 6.54 Å². The summed E-state index contributed by atoms with van der Waals surface area (Å²) in [7, 11) is 0. The Morgan fingerprint density at radius 2 is 1.54 bits per heavy atom. The van der Waals surface area contributed by atoms with Crippen LogP contribution in [-0.2, 0) is 14.3 Å². The highest BCUT2D eigenvalue weighted by Crippen LogP contribution is 2.29. The van der Waals surface area contributed by atoms with E-state index in [1.807, 2.05) is 13.8 Å². The molecule has 0 fully saturated rings. The van der Waals surface area contributed by atoms with Gasteiger partial charge < -0.3 is 9.84 Å². The summed E-state index contributed by atoms with van der Waals surface area (Å²) in [5.41, 5.74) is -0.283. The molecule has 0 bridgehead atoms. The maximum Gasteiger partial charge on any atom is 0.310 e. The molecule has 0 radical (unpaired) electrons. The topological polar surface area (TPSA) is 101 Å². The predicted octanol–water partition coefficient (Wildman–Crippen LogP) is 2.99. The Bertz CT molecular complexity index is 757. The number of amides is 2. The number of carbonyl (C=O) groups is 4. The zero-order valence-corrected chi connectivity index (χ0v) is 16.9. The maximum absolute atomic E-state index is 12.7. The molecule has 0 saturated heterocycles. The second-order valence-electron chi connectivity index (χ2n) is 8.48. The first-order valence-corrected chi connectivity index (χ1v) is 9.33. The molecule has 0 spiro atoms. The Labute approximate surface area is 164 Å². The number of esters is 1. The summed E-state index contributed by atoms with van der Waals surface area (Å²) in [5.74, 6) is -5.15. The Hall–Kier alpha value is -2.70. The summed E-state index contributed by atoms with van der Waals surface area (Å²) in [4.78, 5) is 50.9. The number of aliphatic carboxylic acids is 1. The second-order valence-corrected chi connectivity index (χ2v) is 8.48. The molecule has 152 valence electrons. The minimum Gasteiger partial charge on any atom is -0.481 e. The van der Waals surface area contributed by atoms with Crippen molar-refractivity contribution in [1.29, 1.82) is 0 Å². The molecule has 0 saturated carbocycles. The largest absolute Gasteiger partial charge is 0.481 e. The predicted molar refractivity (Wildman–Crippen MR) is 102 cm³/mol. The minimum absolute atomic E-state index is 0.0292. The lowest BCUT2D eigenvalue weighted by Crippen LogP contribution is -2.44. The van der Waals surface area contributed by atoms with Crippen LogP contribution in [0.25, 0.3) is 0 Å². The fourth-order valence-corrected chi connectivity index (χ4v) is 3.29. The van der Waals surface area contributed by atoms with Crippen LogP contribution in [0.2, 0.25) is 0 Å². The molecule has 1 unspecified atom stereocenters. The summed E-state index contributed by atoms with van der Waals surface area (Å²) in [6.45, 7) is 8.49. The average Bonchev–Trinajstić information content (AvgIpc) is 2.80. The van der Waals surface area contributed by atoms with E-state index >= 15 is 0 Å². The third-order valence-corrected chi connectivity index (χ3v) is 4.50. The molecule has 0 aliphatic carbocycles. The Morgan fingerprint density at radius 3 is 1.93 bits per heavy atom. The van der Waals surface area contributed by atoms with Gasteiger partial charge in [0.2, 0.25) is 0 Å². The lowest BCUT2D eigenvalue weighted by molar-refractivity contribution is -0.167. The molecule has 1 N–H and O–H groups in total. The van der Waals surface area contributed by atoms with E-state index in [0.717, 1.165) is 4.90 Å². The van der Waals surface area contributed by atoms with E-state index in [1.54, 1.807) is 32.9 Å². The zero-order valence-electron chi connectivity index (χ0n) is 16.9. The first-order valence-electron chi connectivity index (χ1n) is 9.33. The van der Waals surface area contributed by atoms with E-state index < -0.39 is 41.2 Å². The van der Waals surface area contributed by atoms with E-state index in [4.69, 9.17) is 4.74 Å². The molecule has 1 aromatic carbocycles. The van der Waals surface area contributed by atoms with Crippen molar-refractivity contribution >= 4 is 23.8 Å². The first kappa shape index (κ1) is 21.6. The number of carbonyl (C=O) groups excluding carboxylic acids is 3. The quantitative estimate of drug-likeness (QED) is 0.568. The van der Waals surface area contributed by atoms with Crippen LogP contribution in [0.15, 0.2) is 24.3 Å². The SMILES string of the molecule is CC(C)CC(C(=O)OC(C)(C)C)[C@H](CN1C(=O)c2ccccc2C1=O)C(=O)O. The number of carboxylic acid groups (broad SMARTS) is 1. The number of rotatable bonds is 7. The van der Waals surface area contributed by atoms with Crippen molar-refractivity contribution in [3.63, 3.8) is 0 Å². The normalized spacial score (nSPS) is 16.1. The molecular formula is C21H27NO6. The van der Waals surface area contributed by atoms with Crippen LogP contribution in [0.4, 0.5) is 0 Å². The first-order chi connectivity index (χ1) is 12.9. The van der Waals surface area contributed by atoms with Gasteiger partial charge in [-0.15, -0.1) is 0 Å². The molecular weight excluding hydrogens is 362 g/mol. The van der Waals surface area contributed by atoms with Gasteiger partial charge in [-0.05, 0) is 45.2 Å². The fourth-order valence-electron chi connectivity index (χ4n) is 3.29. The van der Waals surface area contributed by atoms with Crippen molar-refractivity contribution < 1.29 is 29.0 Å². The highest BCUT2D eigenvalue weighted by atomic mass is 16.6. The van der Waals surface area contributed by atoms with Gasteiger partial charge in [0.25, 0.3) is 11.8 Å². The summed E-state index contributed by atoms with van der Waals surface area (Å²) in [6.07, 6.45) is 0.273. The van der Waals surface area contributed by atoms with Gasteiger partial charge in [0.15, 0.2) is 0 Å². The molecule has 2 amide bonds. The molecule has 0 aromatic heterocycles. The Balaban J connectivity index is 2.32. The van der Waals surface area contributed by atoms with Gasteiger partial charge in [0.1, 0.15) is 5.60 Å².